The van der Waals surface area contributed by atoms with Gasteiger partial charge in [0.2, 0.25) is 5.13 Å². The molecule has 2 aromatic heterocycles. The molecule has 1 unspecified atom stereocenters. The van der Waals surface area contributed by atoms with Gasteiger partial charge in [0.1, 0.15) is 17.6 Å². The molecule has 1 fully saturated rings. The van der Waals surface area contributed by atoms with Gasteiger partial charge in [0.25, 0.3) is 5.78 Å². The minimum Gasteiger partial charge on any atom is -0.507 e. The van der Waals surface area contributed by atoms with Crippen LogP contribution in [0.3, 0.4) is 0 Å². The van der Waals surface area contributed by atoms with Crippen LogP contribution in [0, 0.1) is 6.92 Å². The van der Waals surface area contributed by atoms with Crippen molar-refractivity contribution in [3.8, 4) is 0 Å². The highest BCUT2D eigenvalue weighted by atomic mass is 35.5. The van der Waals surface area contributed by atoms with Crippen LogP contribution in [0.2, 0.25) is 5.02 Å². The minimum atomic E-state index is -0.972. The Hall–Kier alpha value is -3.40. The number of ketones is 1. The molecule has 0 aliphatic carbocycles. The van der Waals surface area contributed by atoms with E-state index in [0.29, 0.717) is 26.4 Å². The molecule has 2 aromatic carbocycles. The molecule has 5 rings (SSSR count). The summed E-state index contributed by atoms with van der Waals surface area (Å²) in [6.07, 6.45) is 1.45. The fraction of sp³-hybridized carbons (Fsp3) is 0.120. The number of hydrogen-bond donors (Lipinski definition) is 1. The van der Waals surface area contributed by atoms with Crippen molar-refractivity contribution in [3.05, 3.63) is 100.0 Å². The number of aliphatic hydroxyl groups is 1. The summed E-state index contributed by atoms with van der Waals surface area (Å²) in [7, 11) is 0. The van der Waals surface area contributed by atoms with Crippen molar-refractivity contribution in [1.29, 1.82) is 0 Å². The van der Waals surface area contributed by atoms with E-state index in [1.165, 1.54) is 34.3 Å². The Morgan fingerprint density at radius 3 is 2.60 bits per heavy atom. The van der Waals surface area contributed by atoms with E-state index in [4.69, 9.17) is 16.0 Å². The number of furan rings is 1. The van der Waals surface area contributed by atoms with E-state index < -0.39 is 17.7 Å². The molecule has 3 heterocycles. The van der Waals surface area contributed by atoms with Crippen molar-refractivity contribution < 1.29 is 19.1 Å². The number of aryl methyl sites for hydroxylation is 1. The topological polar surface area (TPSA) is 96.5 Å². The molecule has 1 aliphatic rings. The zero-order chi connectivity index (χ0) is 24.5. The first-order chi connectivity index (χ1) is 16.9. The Morgan fingerprint density at radius 2 is 1.89 bits per heavy atom. The number of hydrogen-bond acceptors (Lipinski definition) is 8. The van der Waals surface area contributed by atoms with Crippen molar-refractivity contribution in [3.63, 3.8) is 0 Å². The molecule has 0 saturated carbocycles. The quantitative estimate of drug-likeness (QED) is 0.109. The van der Waals surface area contributed by atoms with Crippen LogP contribution in [-0.2, 0) is 15.3 Å². The van der Waals surface area contributed by atoms with Crippen LogP contribution in [0.5, 0.6) is 0 Å². The summed E-state index contributed by atoms with van der Waals surface area (Å²) in [5.41, 5.74) is 2.32. The molecule has 35 heavy (non-hydrogen) atoms. The first kappa shape index (κ1) is 23.3. The molecule has 0 bridgehead atoms. The van der Waals surface area contributed by atoms with Crippen LogP contribution in [0.25, 0.3) is 5.76 Å². The maximum Gasteiger partial charge on any atom is 0.302 e. The number of halogens is 1. The van der Waals surface area contributed by atoms with Gasteiger partial charge in [0.05, 0.1) is 11.8 Å². The van der Waals surface area contributed by atoms with Gasteiger partial charge in [-0.25, -0.2) is 0 Å². The number of aliphatic hydroxyl groups excluding tert-OH is 1. The number of benzene rings is 2. The highest BCUT2D eigenvalue weighted by Gasteiger charge is 2.49. The molecular weight excluding hydrogens is 506 g/mol. The minimum absolute atomic E-state index is 0.0609. The van der Waals surface area contributed by atoms with Crippen molar-refractivity contribution in [2.75, 3.05) is 4.90 Å². The van der Waals surface area contributed by atoms with E-state index in [1.807, 2.05) is 43.3 Å². The fourth-order valence-electron chi connectivity index (χ4n) is 3.73. The van der Waals surface area contributed by atoms with Gasteiger partial charge < -0.3 is 9.52 Å². The number of carbonyl (C=O) groups is 2. The maximum atomic E-state index is 13.1. The lowest BCUT2D eigenvalue weighted by atomic mass is 9.99. The van der Waals surface area contributed by atoms with E-state index in [-0.39, 0.29) is 16.5 Å². The number of anilines is 1. The van der Waals surface area contributed by atoms with E-state index in [2.05, 4.69) is 10.2 Å². The highest BCUT2D eigenvalue weighted by Crippen LogP contribution is 2.44. The van der Waals surface area contributed by atoms with Gasteiger partial charge in [0.15, 0.2) is 4.34 Å². The molecule has 4 aromatic rings. The molecular formula is C25H18ClN3O4S2. The second-order valence-electron chi connectivity index (χ2n) is 7.78. The Kier molecular flexibility index (Phi) is 6.46. The van der Waals surface area contributed by atoms with Crippen LogP contribution in [-0.4, -0.2) is 27.0 Å². The molecule has 1 atom stereocenters. The average Bonchev–Trinajstić information content (AvgIpc) is 3.60. The Labute approximate surface area is 214 Å². The smallest absolute Gasteiger partial charge is 0.302 e. The van der Waals surface area contributed by atoms with Crippen LogP contribution in [0.15, 0.2) is 81.3 Å². The molecule has 0 radical (unpaired) electrons. The van der Waals surface area contributed by atoms with E-state index in [9.17, 15) is 14.7 Å². The predicted octanol–water partition coefficient (Wildman–Crippen LogP) is 6.01. The summed E-state index contributed by atoms with van der Waals surface area (Å²) in [5.74, 6) is -0.991. The summed E-state index contributed by atoms with van der Waals surface area (Å²) < 4.78 is 6.18. The largest absolute Gasteiger partial charge is 0.507 e. The van der Waals surface area contributed by atoms with Crippen LogP contribution in [0.1, 0.15) is 28.5 Å². The Morgan fingerprint density at radius 1 is 1.11 bits per heavy atom. The van der Waals surface area contributed by atoms with Gasteiger partial charge in [-0.05, 0) is 30.7 Å². The molecule has 1 aliphatic heterocycles. The zero-order valence-electron chi connectivity index (χ0n) is 18.3. The lowest BCUT2D eigenvalue weighted by Gasteiger charge is -2.20. The predicted molar refractivity (Wildman–Crippen MR) is 136 cm³/mol. The number of aromatic nitrogens is 2. The Balaban J connectivity index is 1.51. The van der Waals surface area contributed by atoms with Gasteiger partial charge in [-0.3, -0.25) is 14.5 Å². The third kappa shape index (κ3) is 4.50. The normalized spacial score (nSPS) is 17.3. The molecule has 1 saturated heterocycles. The van der Waals surface area contributed by atoms with E-state index in [1.54, 1.807) is 24.3 Å². The number of thioether (sulfide) groups is 1. The molecule has 176 valence electrons. The summed E-state index contributed by atoms with van der Waals surface area (Å²) >= 11 is 8.84. The average molecular weight is 524 g/mol. The van der Waals surface area contributed by atoms with Gasteiger partial charge in [-0.1, -0.05) is 82.7 Å². The summed E-state index contributed by atoms with van der Waals surface area (Å²) in [4.78, 5) is 27.5. The monoisotopic (exact) mass is 523 g/mol. The van der Waals surface area contributed by atoms with Gasteiger partial charge >= 0.3 is 5.91 Å². The number of amides is 1. The van der Waals surface area contributed by atoms with Crippen molar-refractivity contribution in [2.45, 2.75) is 23.1 Å². The number of rotatable bonds is 6. The van der Waals surface area contributed by atoms with Crippen molar-refractivity contribution >= 4 is 57.3 Å². The van der Waals surface area contributed by atoms with Crippen LogP contribution < -0.4 is 4.90 Å². The van der Waals surface area contributed by atoms with Gasteiger partial charge in [-0.15, -0.1) is 10.2 Å². The fourth-order valence-corrected chi connectivity index (χ4v) is 5.88. The second kappa shape index (κ2) is 9.69. The number of Topliss-reactive ketones (excluding diaryl/α,β-unsaturated/α-hetero) is 1. The summed E-state index contributed by atoms with van der Waals surface area (Å²) in [5, 5.41) is 20.3. The first-order valence-electron chi connectivity index (χ1n) is 10.5. The van der Waals surface area contributed by atoms with Crippen LogP contribution >= 0.6 is 34.7 Å². The number of carbonyl (C=O) groups excluding carboxylic acids is 2. The number of nitrogens with zero attached hydrogens (tertiary/aromatic N) is 3. The van der Waals surface area contributed by atoms with Crippen molar-refractivity contribution in [2.24, 2.45) is 0 Å². The lowest BCUT2D eigenvalue weighted by Crippen LogP contribution is -2.29. The third-order valence-electron chi connectivity index (χ3n) is 5.49. The SMILES string of the molecule is Cc1ccc(/C(O)=C2/C(=O)C(=O)N(c3nnc(SCc4ccccc4Cl)s3)C2c2ccco2)cc1. The second-order valence-corrected chi connectivity index (χ2v) is 10.4. The van der Waals surface area contributed by atoms with E-state index in [0.717, 1.165) is 11.1 Å². The Bertz CT molecular complexity index is 1430. The van der Waals surface area contributed by atoms with Gasteiger partial charge in [0, 0.05) is 16.3 Å². The molecule has 10 heteroatoms. The maximum absolute atomic E-state index is 13.1. The molecule has 0 spiro atoms. The zero-order valence-corrected chi connectivity index (χ0v) is 20.7. The molecule has 7 nitrogen and oxygen atoms in total. The standard InChI is InChI=1S/C25H18ClN3O4S2/c1-14-8-10-15(11-9-14)21(30)19-20(18-7-4-12-33-18)29(23(32)22(19)31)24-27-28-25(35-24)34-13-16-5-2-3-6-17(16)26/h2-12,20,30H,13H2,1H3/b21-19-. The van der Waals surface area contributed by atoms with Crippen LogP contribution in [0.4, 0.5) is 5.13 Å². The third-order valence-corrected chi connectivity index (χ3v) is 7.97. The summed E-state index contributed by atoms with van der Waals surface area (Å²) in [6.45, 7) is 1.92. The molecule has 1 amide bonds. The highest BCUT2D eigenvalue weighted by molar-refractivity contribution is 8.00. The molecule has 1 N–H and O–H groups in total. The van der Waals surface area contributed by atoms with Gasteiger partial charge in [-0.2, -0.15) is 0 Å². The van der Waals surface area contributed by atoms with Crippen molar-refractivity contribution in [1.82, 2.24) is 10.2 Å². The van der Waals surface area contributed by atoms with E-state index >= 15 is 0 Å². The summed E-state index contributed by atoms with van der Waals surface area (Å²) in [6, 6.07) is 16.9. The lowest BCUT2D eigenvalue weighted by molar-refractivity contribution is -0.132. The first-order valence-corrected chi connectivity index (χ1v) is 12.7.